The standard InChI is InChI=1S/C11H16N2/c1-5-7-11(10(3)9-12)13(4)8-6-2/h5,7H,1,3,6,8H2,2,4H3/b11-7+. The van der Waals surface area contributed by atoms with Gasteiger partial charge >= 0.3 is 0 Å². The Kier molecular flexibility index (Phi) is 5.38. The van der Waals surface area contributed by atoms with Gasteiger partial charge in [-0.15, -0.1) is 0 Å². The molecule has 0 heterocycles. The van der Waals surface area contributed by atoms with Crippen LogP contribution in [-0.4, -0.2) is 18.5 Å². The van der Waals surface area contributed by atoms with Crippen LogP contribution in [0.1, 0.15) is 13.3 Å². The van der Waals surface area contributed by atoms with Gasteiger partial charge in [-0.25, -0.2) is 0 Å². The average Bonchev–Trinajstić information content (AvgIpc) is 2.13. The van der Waals surface area contributed by atoms with Crippen LogP contribution in [0.25, 0.3) is 0 Å². The van der Waals surface area contributed by atoms with Gasteiger partial charge in [0.15, 0.2) is 0 Å². The van der Waals surface area contributed by atoms with Crippen molar-refractivity contribution < 1.29 is 0 Å². The summed E-state index contributed by atoms with van der Waals surface area (Å²) in [6.45, 7) is 10.3. The summed E-state index contributed by atoms with van der Waals surface area (Å²) < 4.78 is 0. The zero-order valence-corrected chi connectivity index (χ0v) is 8.38. The van der Waals surface area contributed by atoms with E-state index in [2.05, 4.69) is 20.1 Å². The molecule has 0 rings (SSSR count). The molecule has 0 aliphatic rings. The van der Waals surface area contributed by atoms with Crippen molar-refractivity contribution in [1.29, 1.82) is 5.26 Å². The molecule has 0 unspecified atom stereocenters. The first-order valence-corrected chi connectivity index (χ1v) is 4.30. The van der Waals surface area contributed by atoms with Gasteiger partial charge in [0.25, 0.3) is 0 Å². The second-order valence-electron chi connectivity index (χ2n) is 2.80. The van der Waals surface area contributed by atoms with E-state index in [0.29, 0.717) is 5.57 Å². The maximum absolute atomic E-state index is 8.70. The van der Waals surface area contributed by atoms with Crippen molar-refractivity contribution in [1.82, 2.24) is 4.90 Å². The lowest BCUT2D eigenvalue weighted by atomic mass is 10.2. The molecule has 0 saturated carbocycles. The lowest BCUT2D eigenvalue weighted by molar-refractivity contribution is 0.426. The van der Waals surface area contributed by atoms with Crippen molar-refractivity contribution in [3.63, 3.8) is 0 Å². The second-order valence-corrected chi connectivity index (χ2v) is 2.80. The lowest BCUT2D eigenvalue weighted by Gasteiger charge is -2.20. The van der Waals surface area contributed by atoms with Gasteiger partial charge in [-0.3, -0.25) is 0 Å². The van der Waals surface area contributed by atoms with Crippen LogP contribution >= 0.6 is 0 Å². The highest BCUT2D eigenvalue weighted by molar-refractivity contribution is 5.39. The Morgan fingerprint density at radius 1 is 1.62 bits per heavy atom. The minimum Gasteiger partial charge on any atom is -0.374 e. The monoisotopic (exact) mass is 176 g/mol. The minimum absolute atomic E-state index is 0.482. The summed E-state index contributed by atoms with van der Waals surface area (Å²) in [6.07, 6.45) is 4.52. The quantitative estimate of drug-likeness (QED) is 0.475. The predicted octanol–water partition coefficient (Wildman–Crippen LogP) is 2.48. The van der Waals surface area contributed by atoms with Crippen LogP contribution in [-0.2, 0) is 0 Å². The summed E-state index contributed by atoms with van der Waals surface area (Å²) in [6, 6.07) is 2.04. The van der Waals surface area contributed by atoms with E-state index in [9.17, 15) is 0 Å². The first-order chi connectivity index (χ1) is 6.17. The van der Waals surface area contributed by atoms with Crippen LogP contribution in [0.5, 0.6) is 0 Å². The van der Waals surface area contributed by atoms with Crippen molar-refractivity contribution in [2.45, 2.75) is 13.3 Å². The van der Waals surface area contributed by atoms with Gasteiger partial charge in [-0.05, 0) is 12.5 Å². The van der Waals surface area contributed by atoms with Crippen LogP contribution in [0.4, 0.5) is 0 Å². The van der Waals surface area contributed by atoms with Gasteiger partial charge < -0.3 is 4.90 Å². The number of rotatable bonds is 5. The summed E-state index contributed by atoms with van der Waals surface area (Å²) in [5.41, 5.74) is 1.33. The fourth-order valence-corrected chi connectivity index (χ4v) is 1.08. The number of allylic oxidation sites excluding steroid dienone is 3. The van der Waals surface area contributed by atoms with Gasteiger partial charge in [0.1, 0.15) is 6.07 Å². The Bertz CT molecular complexity index is 256. The molecule has 0 saturated heterocycles. The van der Waals surface area contributed by atoms with E-state index < -0.39 is 0 Å². The van der Waals surface area contributed by atoms with Gasteiger partial charge in [0.2, 0.25) is 0 Å². The Morgan fingerprint density at radius 2 is 2.23 bits per heavy atom. The molecule has 2 nitrogen and oxygen atoms in total. The van der Waals surface area contributed by atoms with Crippen molar-refractivity contribution in [3.8, 4) is 6.07 Å². The summed E-state index contributed by atoms with van der Waals surface area (Å²) in [4.78, 5) is 2.01. The minimum atomic E-state index is 0.482. The third-order valence-electron chi connectivity index (χ3n) is 1.69. The third kappa shape index (κ3) is 3.62. The van der Waals surface area contributed by atoms with E-state index in [1.54, 1.807) is 12.2 Å². The molecule has 0 fully saturated rings. The van der Waals surface area contributed by atoms with Gasteiger partial charge in [-0.2, -0.15) is 5.26 Å². The normalized spacial score (nSPS) is 10.4. The van der Waals surface area contributed by atoms with Crippen LogP contribution in [0, 0.1) is 11.3 Å². The topological polar surface area (TPSA) is 27.0 Å². The van der Waals surface area contributed by atoms with Crippen LogP contribution < -0.4 is 0 Å². The summed E-state index contributed by atoms with van der Waals surface area (Å²) in [7, 11) is 1.95. The molecular weight excluding hydrogens is 160 g/mol. The molecule has 0 N–H and O–H groups in total. The fraction of sp³-hybridized carbons (Fsp3) is 0.364. The van der Waals surface area contributed by atoms with Crippen LogP contribution in [0.2, 0.25) is 0 Å². The zero-order valence-electron chi connectivity index (χ0n) is 8.38. The van der Waals surface area contributed by atoms with E-state index in [4.69, 9.17) is 5.26 Å². The van der Waals surface area contributed by atoms with Crippen molar-refractivity contribution in [2.75, 3.05) is 13.6 Å². The Hall–Kier alpha value is -1.49. The fourth-order valence-electron chi connectivity index (χ4n) is 1.08. The van der Waals surface area contributed by atoms with Gasteiger partial charge in [0, 0.05) is 13.6 Å². The first kappa shape index (κ1) is 11.5. The molecule has 0 atom stereocenters. The Morgan fingerprint density at radius 3 is 2.62 bits per heavy atom. The number of hydrogen-bond acceptors (Lipinski definition) is 2. The summed E-state index contributed by atoms with van der Waals surface area (Å²) >= 11 is 0. The first-order valence-electron chi connectivity index (χ1n) is 4.30. The molecule has 0 radical (unpaired) electrons. The molecule has 0 spiro atoms. The van der Waals surface area contributed by atoms with Crippen molar-refractivity contribution >= 4 is 0 Å². The van der Waals surface area contributed by atoms with E-state index in [-0.39, 0.29) is 0 Å². The number of likely N-dealkylation sites (N-methyl/N-ethyl adjacent to an activating group) is 1. The Labute approximate surface area is 80.5 Å². The largest absolute Gasteiger partial charge is 0.374 e. The summed E-state index contributed by atoms with van der Waals surface area (Å²) in [5, 5.41) is 8.70. The molecule has 0 aromatic rings. The van der Waals surface area contributed by atoms with Crippen LogP contribution in [0.15, 0.2) is 36.6 Å². The smallest absolute Gasteiger partial charge is 0.101 e. The Balaban J connectivity index is 4.63. The molecular formula is C11H16N2. The number of hydrogen-bond donors (Lipinski definition) is 0. The van der Waals surface area contributed by atoms with Crippen molar-refractivity contribution in [2.24, 2.45) is 0 Å². The van der Waals surface area contributed by atoms with Gasteiger partial charge in [0.05, 0.1) is 11.3 Å². The zero-order chi connectivity index (χ0) is 10.3. The predicted molar refractivity (Wildman–Crippen MR) is 56.0 cm³/mol. The number of nitrogens with zero attached hydrogens (tertiary/aromatic N) is 2. The molecule has 2 heteroatoms. The number of nitriles is 1. The molecule has 0 aromatic heterocycles. The molecule has 13 heavy (non-hydrogen) atoms. The molecule has 70 valence electrons. The van der Waals surface area contributed by atoms with E-state index in [1.807, 2.05) is 18.0 Å². The third-order valence-corrected chi connectivity index (χ3v) is 1.69. The maximum Gasteiger partial charge on any atom is 0.101 e. The van der Waals surface area contributed by atoms with E-state index in [0.717, 1.165) is 18.7 Å². The second kappa shape index (κ2) is 6.07. The van der Waals surface area contributed by atoms with Crippen molar-refractivity contribution in [3.05, 3.63) is 36.6 Å². The molecule has 0 amide bonds. The molecule has 0 aliphatic heterocycles. The van der Waals surface area contributed by atoms with Crippen LogP contribution in [0.3, 0.4) is 0 Å². The molecule has 0 aliphatic carbocycles. The summed E-state index contributed by atoms with van der Waals surface area (Å²) in [5.74, 6) is 0. The SMILES string of the molecule is C=C/C=C(\C(=C)C#N)N(C)CCC. The lowest BCUT2D eigenvalue weighted by Crippen LogP contribution is -2.19. The average molecular weight is 176 g/mol. The molecule has 0 aromatic carbocycles. The molecule has 0 bridgehead atoms. The highest BCUT2D eigenvalue weighted by Gasteiger charge is 2.05. The van der Waals surface area contributed by atoms with E-state index in [1.165, 1.54) is 0 Å². The van der Waals surface area contributed by atoms with E-state index >= 15 is 0 Å². The van der Waals surface area contributed by atoms with Gasteiger partial charge in [-0.1, -0.05) is 26.2 Å². The highest BCUT2D eigenvalue weighted by atomic mass is 15.1. The highest BCUT2D eigenvalue weighted by Crippen LogP contribution is 2.11. The maximum atomic E-state index is 8.70.